The zero-order chi connectivity index (χ0) is 21.0. The molecule has 1 N–H and O–H groups in total. The first-order chi connectivity index (χ1) is 13.9. The lowest BCUT2D eigenvalue weighted by atomic mass is 10.2. The fourth-order valence-corrected chi connectivity index (χ4v) is 2.95. The molecule has 1 unspecified atom stereocenters. The van der Waals surface area contributed by atoms with E-state index in [4.69, 9.17) is 4.74 Å². The number of nitrogens with one attached hydrogen (secondary N) is 1. The van der Waals surface area contributed by atoms with E-state index < -0.39 is 24.6 Å². The molecule has 1 atom stereocenters. The van der Waals surface area contributed by atoms with Crippen LogP contribution in [-0.2, 0) is 16.1 Å². The van der Waals surface area contributed by atoms with Gasteiger partial charge in [0.1, 0.15) is 5.75 Å². The van der Waals surface area contributed by atoms with E-state index in [1.165, 1.54) is 25.1 Å². The van der Waals surface area contributed by atoms with Crippen LogP contribution in [0.3, 0.4) is 0 Å². The van der Waals surface area contributed by atoms with E-state index in [1.54, 1.807) is 18.3 Å². The third kappa shape index (κ3) is 4.53. The summed E-state index contributed by atoms with van der Waals surface area (Å²) in [4.78, 5) is 25.0. The molecule has 8 heteroatoms. The highest BCUT2D eigenvalue weighted by Crippen LogP contribution is 2.26. The van der Waals surface area contributed by atoms with E-state index in [1.807, 2.05) is 29.7 Å². The number of benzene rings is 2. The first-order valence-corrected chi connectivity index (χ1v) is 9.04. The molecule has 2 aromatic carbocycles. The van der Waals surface area contributed by atoms with E-state index >= 15 is 0 Å². The topological polar surface area (TPSA) is 69.6 Å². The lowest BCUT2D eigenvalue weighted by Crippen LogP contribution is -2.30. The molecule has 0 saturated heterocycles. The second-order valence-corrected chi connectivity index (χ2v) is 6.26. The summed E-state index contributed by atoms with van der Waals surface area (Å²) in [5.41, 5.74) is 1.30. The molecule has 0 bridgehead atoms. The SMILES string of the molecule is CCn1cc(C(=O)OC(C)C(=O)Nc2ccccc2OC(F)F)c2ccccc21. The maximum Gasteiger partial charge on any atom is 0.387 e. The molecule has 0 fully saturated rings. The minimum absolute atomic E-state index is 0.0586. The maximum atomic E-state index is 12.6. The largest absolute Gasteiger partial charge is 0.449 e. The predicted octanol–water partition coefficient (Wildman–Crippen LogP) is 4.45. The lowest BCUT2D eigenvalue weighted by molar-refractivity contribution is -0.123. The molecule has 0 aliphatic carbocycles. The van der Waals surface area contributed by atoms with E-state index in [9.17, 15) is 18.4 Å². The van der Waals surface area contributed by atoms with Crippen molar-refractivity contribution in [3.63, 3.8) is 0 Å². The monoisotopic (exact) mass is 402 g/mol. The number of alkyl halides is 2. The van der Waals surface area contributed by atoms with Crippen molar-refractivity contribution in [1.82, 2.24) is 4.57 Å². The van der Waals surface area contributed by atoms with Crippen molar-refractivity contribution in [2.75, 3.05) is 5.32 Å². The summed E-state index contributed by atoms with van der Waals surface area (Å²) in [7, 11) is 0. The second-order valence-electron chi connectivity index (χ2n) is 6.26. The number of nitrogens with zero attached hydrogens (tertiary/aromatic N) is 1. The molecule has 0 aliphatic heterocycles. The third-order valence-electron chi connectivity index (χ3n) is 4.36. The summed E-state index contributed by atoms with van der Waals surface area (Å²) in [6, 6.07) is 13.2. The predicted molar refractivity (Wildman–Crippen MR) is 104 cm³/mol. The van der Waals surface area contributed by atoms with Crippen LogP contribution >= 0.6 is 0 Å². The summed E-state index contributed by atoms with van der Waals surface area (Å²) in [5.74, 6) is -1.49. The number of ether oxygens (including phenoxy) is 2. The van der Waals surface area contributed by atoms with Crippen molar-refractivity contribution in [3.8, 4) is 5.75 Å². The quantitative estimate of drug-likeness (QED) is 0.593. The number of rotatable bonds is 7. The van der Waals surface area contributed by atoms with Gasteiger partial charge in [0.25, 0.3) is 5.91 Å². The number of para-hydroxylation sites is 3. The molecular formula is C21H20F2N2O4. The Balaban J connectivity index is 1.73. The van der Waals surface area contributed by atoms with Gasteiger partial charge in [-0.1, -0.05) is 30.3 Å². The molecule has 1 amide bonds. The summed E-state index contributed by atoms with van der Waals surface area (Å²) in [6.45, 7) is 1.00. The number of amides is 1. The number of carbonyl (C=O) groups is 2. The van der Waals surface area contributed by atoms with E-state index in [0.29, 0.717) is 12.1 Å². The normalized spacial score (nSPS) is 12.0. The molecule has 152 valence electrons. The fourth-order valence-electron chi connectivity index (χ4n) is 2.95. The number of anilines is 1. The Bertz CT molecular complexity index is 1030. The number of hydrogen-bond acceptors (Lipinski definition) is 4. The summed E-state index contributed by atoms with van der Waals surface area (Å²) in [5, 5.41) is 3.17. The van der Waals surface area contributed by atoms with Crippen LogP contribution in [0.15, 0.2) is 54.7 Å². The highest BCUT2D eigenvalue weighted by atomic mass is 19.3. The Kier molecular flexibility index (Phi) is 6.11. The van der Waals surface area contributed by atoms with Crippen LogP contribution < -0.4 is 10.1 Å². The smallest absolute Gasteiger partial charge is 0.387 e. The van der Waals surface area contributed by atoms with Crippen LogP contribution in [0.1, 0.15) is 24.2 Å². The number of fused-ring (bicyclic) bond motifs is 1. The molecule has 1 heterocycles. The van der Waals surface area contributed by atoms with E-state index in [-0.39, 0.29) is 11.4 Å². The third-order valence-corrected chi connectivity index (χ3v) is 4.36. The Labute approximate surface area is 166 Å². The number of halogens is 2. The van der Waals surface area contributed by atoms with Gasteiger partial charge in [-0.15, -0.1) is 0 Å². The van der Waals surface area contributed by atoms with Crippen LogP contribution in [0.5, 0.6) is 5.75 Å². The standard InChI is InChI=1S/C21H20F2N2O4/c1-3-25-12-15(14-8-4-6-10-17(14)25)20(27)28-13(2)19(26)24-16-9-5-7-11-18(16)29-21(22)23/h4-13,21H,3H2,1-2H3,(H,24,26). The van der Waals surface area contributed by atoms with Gasteiger partial charge < -0.3 is 19.4 Å². The van der Waals surface area contributed by atoms with Gasteiger partial charge in [-0.05, 0) is 32.0 Å². The fraction of sp³-hybridized carbons (Fsp3) is 0.238. The Morgan fingerprint density at radius 1 is 1.10 bits per heavy atom. The molecule has 6 nitrogen and oxygen atoms in total. The van der Waals surface area contributed by atoms with Crippen molar-refractivity contribution in [3.05, 3.63) is 60.3 Å². The van der Waals surface area contributed by atoms with Crippen LogP contribution in [0.2, 0.25) is 0 Å². The average molecular weight is 402 g/mol. The van der Waals surface area contributed by atoms with Crippen molar-refractivity contribution in [2.24, 2.45) is 0 Å². The first-order valence-electron chi connectivity index (χ1n) is 9.04. The molecule has 0 saturated carbocycles. The minimum Gasteiger partial charge on any atom is -0.449 e. The van der Waals surface area contributed by atoms with Gasteiger partial charge in [0, 0.05) is 23.6 Å². The number of esters is 1. The lowest BCUT2D eigenvalue weighted by Gasteiger charge is -2.15. The number of carbonyl (C=O) groups excluding carboxylic acids is 2. The molecule has 29 heavy (non-hydrogen) atoms. The van der Waals surface area contributed by atoms with Gasteiger partial charge in [-0.2, -0.15) is 8.78 Å². The van der Waals surface area contributed by atoms with Gasteiger partial charge in [-0.25, -0.2) is 4.79 Å². The highest BCUT2D eigenvalue weighted by molar-refractivity contribution is 6.05. The molecular weight excluding hydrogens is 382 g/mol. The second kappa shape index (κ2) is 8.72. The maximum absolute atomic E-state index is 12.6. The van der Waals surface area contributed by atoms with Gasteiger partial charge in [0.2, 0.25) is 0 Å². The zero-order valence-electron chi connectivity index (χ0n) is 15.9. The molecule has 0 radical (unpaired) electrons. The van der Waals surface area contributed by atoms with E-state index in [2.05, 4.69) is 10.1 Å². The Morgan fingerprint density at radius 3 is 2.52 bits per heavy atom. The van der Waals surface area contributed by atoms with Crippen LogP contribution in [0, 0.1) is 0 Å². The van der Waals surface area contributed by atoms with Gasteiger partial charge in [0.15, 0.2) is 6.10 Å². The number of hydrogen-bond donors (Lipinski definition) is 1. The van der Waals surface area contributed by atoms with Crippen molar-refractivity contribution < 1.29 is 27.8 Å². The molecule has 1 aromatic heterocycles. The van der Waals surface area contributed by atoms with Crippen molar-refractivity contribution in [1.29, 1.82) is 0 Å². The highest BCUT2D eigenvalue weighted by Gasteiger charge is 2.23. The zero-order valence-corrected chi connectivity index (χ0v) is 15.9. The Morgan fingerprint density at radius 2 is 1.79 bits per heavy atom. The molecule has 0 aliphatic rings. The number of aryl methyl sites for hydroxylation is 1. The summed E-state index contributed by atoms with van der Waals surface area (Å²) < 4.78 is 36.6. The van der Waals surface area contributed by atoms with Crippen molar-refractivity contribution >= 4 is 28.5 Å². The van der Waals surface area contributed by atoms with Gasteiger partial charge in [-0.3, -0.25) is 4.79 Å². The molecule has 3 aromatic rings. The van der Waals surface area contributed by atoms with Crippen LogP contribution in [-0.4, -0.2) is 29.2 Å². The summed E-state index contributed by atoms with van der Waals surface area (Å²) in [6.07, 6.45) is 0.537. The molecule has 0 spiro atoms. The van der Waals surface area contributed by atoms with Crippen LogP contribution in [0.25, 0.3) is 10.9 Å². The van der Waals surface area contributed by atoms with Crippen LogP contribution in [0.4, 0.5) is 14.5 Å². The Hall–Kier alpha value is -3.42. The van der Waals surface area contributed by atoms with E-state index in [0.717, 1.165) is 10.9 Å². The van der Waals surface area contributed by atoms with Crippen molar-refractivity contribution in [2.45, 2.75) is 33.1 Å². The number of aromatic nitrogens is 1. The average Bonchev–Trinajstić information content (AvgIpc) is 3.08. The first kappa shape index (κ1) is 20.3. The molecule has 3 rings (SSSR count). The van der Waals surface area contributed by atoms with Gasteiger partial charge >= 0.3 is 12.6 Å². The summed E-state index contributed by atoms with van der Waals surface area (Å²) >= 11 is 0. The van der Waals surface area contributed by atoms with Gasteiger partial charge in [0.05, 0.1) is 11.3 Å². The minimum atomic E-state index is -3.03.